The average Bonchev–Trinajstić information content (AvgIpc) is 2.91. The van der Waals surface area contributed by atoms with E-state index in [0.29, 0.717) is 12.2 Å². The number of nitrogens with one attached hydrogen (secondary N) is 1. The number of hydrogen-bond donors (Lipinski definition) is 1. The Balaban J connectivity index is 2.03. The number of carbonyl (C=O) groups excluding carboxylic acids is 2. The van der Waals surface area contributed by atoms with E-state index in [4.69, 9.17) is 0 Å². The van der Waals surface area contributed by atoms with Crippen molar-refractivity contribution < 1.29 is 18.0 Å². The van der Waals surface area contributed by atoms with Gasteiger partial charge in [-0.15, -0.1) is 0 Å². The standard InChI is InChI=1S/C31H39N3O4S/c1-22(2)19-32-31(36)26(6)33(20-27-13-11-10-12-24(27)4)30(35)21-34(28-17-16-23(3)25(5)18-28)39(37,38)29-14-8-7-9-15-29/h7-18,22,26H,19-21H2,1-6H3,(H,32,36)/t26-/m1/s1. The van der Waals surface area contributed by atoms with Gasteiger partial charge in [0, 0.05) is 13.1 Å². The van der Waals surface area contributed by atoms with Crippen molar-refractivity contribution in [2.24, 2.45) is 5.92 Å². The molecule has 0 aliphatic rings. The van der Waals surface area contributed by atoms with Crippen molar-refractivity contribution in [2.45, 2.75) is 59.0 Å². The van der Waals surface area contributed by atoms with Crippen LogP contribution in [0.4, 0.5) is 5.69 Å². The summed E-state index contributed by atoms with van der Waals surface area (Å²) < 4.78 is 28.9. The highest BCUT2D eigenvalue weighted by molar-refractivity contribution is 7.92. The first-order valence-corrected chi connectivity index (χ1v) is 14.6. The fourth-order valence-corrected chi connectivity index (χ4v) is 5.56. The summed E-state index contributed by atoms with van der Waals surface area (Å²) in [6.45, 7) is 11.7. The third-order valence-corrected chi connectivity index (χ3v) is 8.63. The molecule has 7 nitrogen and oxygen atoms in total. The summed E-state index contributed by atoms with van der Waals surface area (Å²) in [5.41, 5.74) is 4.18. The number of carbonyl (C=O) groups is 2. The first kappa shape index (κ1) is 29.9. The number of hydrogen-bond acceptors (Lipinski definition) is 4. The molecular formula is C31H39N3O4S. The van der Waals surface area contributed by atoms with Crippen molar-refractivity contribution in [2.75, 3.05) is 17.4 Å². The van der Waals surface area contributed by atoms with Crippen LogP contribution in [-0.4, -0.2) is 44.3 Å². The third kappa shape index (κ3) is 7.47. The van der Waals surface area contributed by atoms with E-state index < -0.39 is 28.5 Å². The van der Waals surface area contributed by atoms with E-state index >= 15 is 0 Å². The normalized spacial score (nSPS) is 12.2. The zero-order chi connectivity index (χ0) is 28.7. The van der Waals surface area contributed by atoms with Gasteiger partial charge in [-0.05, 0) is 80.1 Å². The molecule has 3 aromatic carbocycles. The summed E-state index contributed by atoms with van der Waals surface area (Å²) in [5.74, 6) is -0.504. The van der Waals surface area contributed by atoms with Gasteiger partial charge in [0.2, 0.25) is 11.8 Å². The van der Waals surface area contributed by atoms with Crippen LogP contribution in [0.5, 0.6) is 0 Å². The second-order valence-electron chi connectivity index (χ2n) is 10.4. The van der Waals surface area contributed by atoms with E-state index in [1.54, 1.807) is 37.3 Å². The monoisotopic (exact) mass is 549 g/mol. The fourth-order valence-electron chi connectivity index (χ4n) is 4.14. The largest absolute Gasteiger partial charge is 0.354 e. The van der Waals surface area contributed by atoms with Crippen LogP contribution in [0.1, 0.15) is 43.0 Å². The molecule has 0 spiro atoms. The molecule has 8 heteroatoms. The Kier molecular flexibility index (Phi) is 9.92. The lowest BCUT2D eigenvalue weighted by atomic mass is 10.1. The number of amides is 2. The Morgan fingerprint density at radius 3 is 2.08 bits per heavy atom. The molecule has 0 aromatic heterocycles. The van der Waals surface area contributed by atoms with Gasteiger partial charge >= 0.3 is 0 Å². The van der Waals surface area contributed by atoms with Crippen LogP contribution in [0, 0.1) is 26.7 Å². The van der Waals surface area contributed by atoms with Gasteiger partial charge in [0.15, 0.2) is 0 Å². The van der Waals surface area contributed by atoms with Gasteiger partial charge in [0.05, 0.1) is 10.6 Å². The smallest absolute Gasteiger partial charge is 0.264 e. The Hall–Kier alpha value is -3.65. The molecule has 39 heavy (non-hydrogen) atoms. The zero-order valence-corrected chi connectivity index (χ0v) is 24.5. The van der Waals surface area contributed by atoms with Gasteiger partial charge in [-0.25, -0.2) is 8.42 Å². The number of benzene rings is 3. The lowest BCUT2D eigenvalue weighted by molar-refractivity contribution is -0.139. The molecule has 0 radical (unpaired) electrons. The van der Waals surface area contributed by atoms with E-state index in [-0.39, 0.29) is 23.3 Å². The first-order valence-electron chi connectivity index (χ1n) is 13.2. The maximum absolute atomic E-state index is 14.0. The Bertz CT molecular complexity index is 1400. The molecule has 1 N–H and O–H groups in total. The molecule has 0 aliphatic carbocycles. The zero-order valence-electron chi connectivity index (χ0n) is 23.6. The van der Waals surface area contributed by atoms with Gasteiger partial charge in [-0.3, -0.25) is 13.9 Å². The van der Waals surface area contributed by atoms with Gasteiger partial charge in [0.1, 0.15) is 12.6 Å². The summed E-state index contributed by atoms with van der Waals surface area (Å²) in [6, 6.07) is 20.2. The average molecular weight is 550 g/mol. The summed E-state index contributed by atoms with van der Waals surface area (Å²) in [7, 11) is -4.08. The molecule has 1 atom stereocenters. The van der Waals surface area contributed by atoms with Crippen molar-refractivity contribution in [1.29, 1.82) is 0 Å². The van der Waals surface area contributed by atoms with Crippen LogP contribution in [-0.2, 0) is 26.2 Å². The topological polar surface area (TPSA) is 86.8 Å². The number of rotatable bonds is 11. The molecule has 0 unspecified atom stereocenters. The number of aryl methyl sites for hydroxylation is 3. The van der Waals surface area contributed by atoms with Crippen LogP contribution >= 0.6 is 0 Å². The highest BCUT2D eigenvalue weighted by atomic mass is 32.2. The predicted octanol–water partition coefficient (Wildman–Crippen LogP) is 5.00. The molecule has 0 aliphatic heterocycles. The number of anilines is 1. The van der Waals surface area contributed by atoms with Gasteiger partial charge in [-0.1, -0.05) is 62.4 Å². The molecule has 0 heterocycles. The van der Waals surface area contributed by atoms with Crippen molar-refractivity contribution in [1.82, 2.24) is 10.2 Å². The van der Waals surface area contributed by atoms with Crippen molar-refractivity contribution in [3.8, 4) is 0 Å². The van der Waals surface area contributed by atoms with Crippen LogP contribution in [0.15, 0.2) is 77.7 Å². The highest BCUT2D eigenvalue weighted by Gasteiger charge is 2.32. The number of nitrogens with zero attached hydrogens (tertiary/aromatic N) is 2. The second kappa shape index (κ2) is 12.9. The van der Waals surface area contributed by atoms with Gasteiger partial charge in [-0.2, -0.15) is 0 Å². The second-order valence-corrected chi connectivity index (χ2v) is 12.2. The molecule has 0 saturated heterocycles. The van der Waals surface area contributed by atoms with Crippen LogP contribution < -0.4 is 9.62 Å². The Morgan fingerprint density at radius 1 is 0.821 bits per heavy atom. The Labute approximate surface area is 232 Å². The third-order valence-electron chi connectivity index (χ3n) is 6.84. The molecule has 0 saturated carbocycles. The lowest BCUT2D eigenvalue weighted by Crippen LogP contribution is -2.51. The molecule has 208 valence electrons. The van der Waals surface area contributed by atoms with E-state index in [0.717, 1.165) is 26.6 Å². The van der Waals surface area contributed by atoms with E-state index in [1.807, 2.05) is 65.0 Å². The van der Waals surface area contributed by atoms with Gasteiger partial charge in [0.25, 0.3) is 10.0 Å². The number of sulfonamides is 1. The van der Waals surface area contributed by atoms with Crippen molar-refractivity contribution >= 4 is 27.5 Å². The molecule has 3 rings (SSSR count). The predicted molar refractivity (Wildman–Crippen MR) is 156 cm³/mol. The first-order chi connectivity index (χ1) is 18.4. The van der Waals surface area contributed by atoms with E-state index in [9.17, 15) is 18.0 Å². The van der Waals surface area contributed by atoms with Crippen molar-refractivity contribution in [3.05, 3.63) is 95.1 Å². The minimum Gasteiger partial charge on any atom is -0.354 e. The summed E-state index contributed by atoms with van der Waals surface area (Å²) in [6.07, 6.45) is 0. The van der Waals surface area contributed by atoms with E-state index in [2.05, 4.69) is 5.32 Å². The lowest BCUT2D eigenvalue weighted by Gasteiger charge is -2.32. The minimum absolute atomic E-state index is 0.0872. The molecule has 2 amide bonds. The quantitative estimate of drug-likeness (QED) is 0.365. The fraction of sp³-hybridized carbons (Fsp3) is 0.355. The van der Waals surface area contributed by atoms with Gasteiger partial charge < -0.3 is 10.2 Å². The summed E-state index contributed by atoms with van der Waals surface area (Å²) in [5, 5.41) is 2.91. The van der Waals surface area contributed by atoms with Crippen molar-refractivity contribution in [3.63, 3.8) is 0 Å². The Morgan fingerprint density at radius 2 is 1.46 bits per heavy atom. The van der Waals surface area contributed by atoms with Crippen LogP contribution in [0.2, 0.25) is 0 Å². The molecule has 0 fully saturated rings. The maximum atomic E-state index is 14.0. The minimum atomic E-state index is -4.08. The summed E-state index contributed by atoms with van der Waals surface area (Å²) in [4.78, 5) is 28.6. The molecular weight excluding hydrogens is 510 g/mol. The van der Waals surface area contributed by atoms with E-state index in [1.165, 1.54) is 17.0 Å². The summed E-state index contributed by atoms with van der Waals surface area (Å²) >= 11 is 0. The SMILES string of the molecule is Cc1ccc(N(CC(=O)N(Cc2ccccc2C)[C@H](C)C(=O)NCC(C)C)S(=O)(=O)c2ccccc2)cc1C. The molecule has 0 bridgehead atoms. The molecule has 3 aromatic rings. The van der Waals surface area contributed by atoms with Crippen LogP contribution in [0.3, 0.4) is 0 Å². The van der Waals surface area contributed by atoms with Crippen LogP contribution in [0.25, 0.3) is 0 Å². The highest BCUT2D eigenvalue weighted by Crippen LogP contribution is 2.26. The maximum Gasteiger partial charge on any atom is 0.264 e.